The Balaban J connectivity index is 0.00000320. The zero-order chi connectivity index (χ0) is 20.5. The molecular weight excluding hydrogens is 497 g/mol. The van der Waals surface area contributed by atoms with Gasteiger partial charge in [0, 0.05) is 32.5 Å². The predicted molar refractivity (Wildman–Crippen MR) is 127 cm³/mol. The van der Waals surface area contributed by atoms with Crippen LogP contribution in [0.3, 0.4) is 0 Å². The topological polar surface area (TPSA) is 90.2 Å². The van der Waals surface area contributed by atoms with Crippen molar-refractivity contribution < 1.29 is 14.0 Å². The maximum atomic E-state index is 11.9. The van der Waals surface area contributed by atoms with Crippen LogP contribution in [0.5, 0.6) is 0 Å². The monoisotopic (exact) mass is 531 g/mol. The van der Waals surface area contributed by atoms with Gasteiger partial charge >= 0.3 is 0 Å². The number of carbonyl (C=O) groups is 2. The third-order valence-corrected chi connectivity index (χ3v) is 5.48. The van der Waals surface area contributed by atoms with E-state index in [0.717, 1.165) is 25.4 Å². The van der Waals surface area contributed by atoms with Gasteiger partial charge in [0.05, 0.1) is 18.8 Å². The van der Waals surface area contributed by atoms with Gasteiger partial charge in [0.1, 0.15) is 5.76 Å². The van der Waals surface area contributed by atoms with Crippen molar-refractivity contribution in [1.82, 2.24) is 20.4 Å². The number of aliphatic imine (C=N–C) groups is 1. The Morgan fingerprint density at radius 3 is 2.50 bits per heavy atom. The Bertz CT molecular complexity index is 673. The molecule has 30 heavy (non-hydrogen) atoms. The van der Waals surface area contributed by atoms with Crippen LogP contribution in [0, 0.1) is 0 Å². The van der Waals surface area contributed by atoms with E-state index < -0.39 is 0 Å². The molecule has 3 heterocycles. The number of carbonyl (C=O) groups excluding carboxylic acids is 2. The molecule has 3 rings (SSSR count). The van der Waals surface area contributed by atoms with E-state index in [9.17, 15) is 9.59 Å². The summed E-state index contributed by atoms with van der Waals surface area (Å²) in [7, 11) is 0. The molecule has 168 valence electrons. The number of piperidine rings is 2. The minimum Gasteiger partial charge on any atom is -0.468 e. The molecule has 0 spiro atoms. The van der Waals surface area contributed by atoms with Crippen LogP contribution in [0.25, 0.3) is 0 Å². The van der Waals surface area contributed by atoms with Crippen LogP contribution in [0.15, 0.2) is 27.8 Å². The average Bonchev–Trinajstić information content (AvgIpc) is 3.25. The standard InChI is InChI=1S/C21H33N5O3.HI/c1-2-22-21(23-11-14-26-19(27)9-6-10-20(26)28)24-16-17(18-8-7-15-29-18)25-12-4-3-5-13-25;/h7-8,15,17H,2-6,9-14,16H2,1H3,(H2,22,23,24);1H. The Labute approximate surface area is 195 Å². The highest BCUT2D eigenvalue weighted by atomic mass is 127. The number of amides is 2. The molecular formula is C21H34IN5O3. The van der Waals surface area contributed by atoms with Crippen LogP contribution in [0.4, 0.5) is 0 Å². The van der Waals surface area contributed by atoms with E-state index in [-0.39, 0.29) is 41.8 Å². The van der Waals surface area contributed by atoms with Crippen LogP contribution in [0.2, 0.25) is 0 Å². The lowest BCUT2D eigenvalue weighted by Crippen LogP contribution is -2.46. The third kappa shape index (κ3) is 6.97. The molecule has 8 nitrogen and oxygen atoms in total. The molecule has 0 saturated carbocycles. The highest BCUT2D eigenvalue weighted by molar-refractivity contribution is 14.0. The second-order valence-corrected chi connectivity index (χ2v) is 7.57. The van der Waals surface area contributed by atoms with Gasteiger partial charge in [0.15, 0.2) is 5.96 Å². The summed E-state index contributed by atoms with van der Waals surface area (Å²) >= 11 is 0. The van der Waals surface area contributed by atoms with Crippen LogP contribution < -0.4 is 10.6 Å². The zero-order valence-electron chi connectivity index (χ0n) is 17.8. The first kappa shape index (κ1) is 24.6. The number of hydrogen-bond acceptors (Lipinski definition) is 5. The SMILES string of the molecule is CCNC(=NCC(c1ccco1)N1CCCCC1)NCCN1C(=O)CCCC1=O.I. The molecule has 0 radical (unpaired) electrons. The van der Waals surface area contributed by atoms with Gasteiger partial charge in [-0.05, 0) is 51.4 Å². The van der Waals surface area contributed by atoms with Crippen LogP contribution in [0.1, 0.15) is 57.3 Å². The molecule has 1 atom stereocenters. The minimum atomic E-state index is -0.0760. The smallest absolute Gasteiger partial charge is 0.229 e. The summed E-state index contributed by atoms with van der Waals surface area (Å²) in [5.74, 6) is 1.48. The lowest BCUT2D eigenvalue weighted by atomic mass is 10.1. The fourth-order valence-electron chi connectivity index (χ4n) is 3.95. The second kappa shape index (κ2) is 12.9. The number of rotatable bonds is 8. The van der Waals surface area contributed by atoms with Crippen molar-refractivity contribution >= 4 is 41.8 Å². The van der Waals surface area contributed by atoms with Crippen molar-refractivity contribution in [2.45, 2.75) is 51.5 Å². The summed E-state index contributed by atoms with van der Waals surface area (Å²) in [6, 6.07) is 4.06. The molecule has 2 aliphatic rings. The number of halogens is 1. The number of nitrogens with one attached hydrogen (secondary N) is 2. The van der Waals surface area contributed by atoms with Crippen molar-refractivity contribution in [3.63, 3.8) is 0 Å². The van der Waals surface area contributed by atoms with Gasteiger partial charge in [-0.1, -0.05) is 6.42 Å². The van der Waals surface area contributed by atoms with Crippen LogP contribution in [-0.4, -0.2) is 66.8 Å². The van der Waals surface area contributed by atoms with Gasteiger partial charge in [-0.15, -0.1) is 24.0 Å². The molecule has 1 aromatic rings. The van der Waals surface area contributed by atoms with Gasteiger partial charge in [0.2, 0.25) is 11.8 Å². The van der Waals surface area contributed by atoms with Crippen molar-refractivity contribution in [2.24, 2.45) is 4.99 Å². The first-order valence-electron chi connectivity index (χ1n) is 10.8. The maximum absolute atomic E-state index is 11.9. The summed E-state index contributed by atoms with van der Waals surface area (Å²) in [5.41, 5.74) is 0. The molecule has 2 fully saturated rings. The lowest BCUT2D eigenvalue weighted by molar-refractivity contribution is -0.147. The quantitative estimate of drug-likeness (QED) is 0.232. The van der Waals surface area contributed by atoms with Crippen molar-refractivity contribution in [3.8, 4) is 0 Å². The van der Waals surface area contributed by atoms with E-state index in [1.165, 1.54) is 24.2 Å². The van der Waals surface area contributed by atoms with Gasteiger partial charge in [-0.3, -0.25) is 24.4 Å². The maximum Gasteiger partial charge on any atom is 0.229 e. The fraction of sp³-hybridized carbons (Fsp3) is 0.667. The van der Waals surface area contributed by atoms with E-state index in [4.69, 9.17) is 9.41 Å². The number of imide groups is 1. The molecule has 2 amide bonds. The molecule has 1 aromatic heterocycles. The summed E-state index contributed by atoms with van der Waals surface area (Å²) in [6.07, 6.45) is 6.99. The number of guanidine groups is 1. The lowest BCUT2D eigenvalue weighted by Gasteiger charge is -2.32. The van der Waals surface area contributed by atoms with Crippen LogP contribution in [-0.2, 0) is 9.59 Å². The number of furan rings is 1. The highest BCUT2D eigenvalue weighted by Gasteiger charge is 2.26. The Morgan fingerprint density at radius 1 is 1.13 bits per heavy atom. The van der Waals surface area contributed by atoms with Crippen molar-refractivity contribution in [2.75, 3.05) is 39.3 Å². The van der Waals surface area contributed by atoms with E-state index in [1.807, 2.05) is 19.1 Å². The number of likely N-dealkylation sites (tertiary alicyclic amines) is 2. The van der Waals surface area contributed by atoms with Crippen LogP contribution >= 0.6 is 24.0 Å². The molecule has 9 heteroatoms. The molecule has 2 N–H and O–H groups in total. The number of hydrogen-bond donors (Lipinski definition) is 2. The molecule has 1 unspecified atom stereocenters. The first-order valence-corrected chi connectivity index (χ1v) is 10.8. The predicted octanol–water partition coefficient (Wildman–Crippen LogP) is 2.52. The molecule has 0 bridgehead atoms. The van der Waals surface area contributed by atoms with E-state index >= 15 is 0 Å². The van der Waals surface area contributed by atoms with E-state index in [2.05, 4.69) is 15.5 Å². The molecule has 2 aliphatic heterocycles. The zero-order valence-corrected chi connectivity index (χ0v) is 20.1. The molecule has 0 aromatic carbocycles. The summed E-state index contributed by atoms with van der Waals surface area (Å²) in [4.78, 5) is 32.5. The Kier molecular flexibility index (Phi) is 10.6. The normalized spacial score (nSPS) is 19.4. The van der Waals surface area contributed by atoms with Gasteiger partial charge in [0.25, 0.3) is 0 Å². The summed E-state index contributed by atoms with van der Waals surface area (Å²) < 4.78 is 5.69. The van der Waals surface area contributed by atoms with Gasteiger partial charge in [-0.2, -0.15) is 0 Å². The van der Waals surface area contributed by atoms with Crippen molar-refractivity contribution in [1.29, 1.82) is 0 Å². The molecule has 0 aliphatic carbocycles. The first-order chi connectivity index (χ1) is 14.2. The fourth-order valence-corrected chi connectivity index (χ4v) is 3.95. The highest BCUT2D eigenvalue weighted by Crippen LogP contribution is 2.25. The largest absolute Gasteiger partial charge is 0.468 e. The summed E-state index contributed by atoms with van der Waals surface area (Å²) in [6.45, 7) is 6.32. The van der Waals surface area contributed by atoms with Gasteiger partial charge in [-0.25, -0.2) is 0 Å². The summed E-state index contributed by atoms with van der Waals surface area (Å²) in [5, 5.41) is 6.50. The number of nitrogens with zero attached hydrogens (tertiary/aromatic N) is 3. The van der Waals surface area contributed by atoms with Gasteiger partial charge < -0.3 is 15.1 Å². The van der Waals surface area contributed by atoms with E-state index in [0.29, 0.717) is 44.9 Å². The minimum absolute atomic E-state index is 0. The van der Waals surface area contributed by atoms with E-state index in [1.54, 1.807) is 6.26 Å². The average molecular weight is 531 g/mol. The molecule has 2 saturated heterocycles. The second-order valence-electron chi connectivity index (χ2n) is 7.57. The Hall–Kier alpha value is -1.62. The Morgan fingerprint density at radius 2 is 1.87 bits per heavy atom. The van der Waals surface area contributed by atoms with Crippen molar-refractivity contribution in [3.05, 3.63) is 24.2 Å². The third-order valence-electron chi connectivity index (χ3n) is 5.48.